The van der Waals surface area contributed by atoms with E-state index in [9.17, 15) is 0 Å². The van der Waals surface area contributed by atoms with Crippen molar-refractivity contribution in [1.29, 1.82) is 0 Å². The molecule has 0 unspecified atom stereocenters. The average molecular weight is 198 g/mol. The third-order valence-corrected chi connectivity index (χ3v) is 1.21. The van der Waals surface area contributed by atoms with Gasteiger partial charge in [-0.1, -0.05) is 20.3 Å². The highest BCUT2D eigenvalue weighted by Crippen LogP contribution is 2.13. The lowest BCUT2D eigenvalue weighted by Crippen LogP contribution is -1.95. The van der Waals surface area contributed by atoms with Crippen LogP contribution in [0.15, 0.2) is 6.07 Å². The summed E-state index contributed by atoms with van der Waals surface area (Å²) in [6.07, 6.45) is 1.25. The number of aryl methyl sites for hydroxylation is 1. The molecule has 1 heterocycles. The maximum absolute atomic E-state index is 4.91. The molecule has 4 heteroatoms. The van der Waals surface area contributed by atoms with E-state index in [1.165, 1.54) is 6.42 Å². The Morgan fingerprint density at radius 2 is 1.43 bits per heavy atom. The van der Waals surface area contributed by atoms with E-state index >= 15 is 0 Å². The first-order chi connectivity index (χ1) is 6.67. The normalized spacial score (nSPS) is 8.64. The Kier molecular flexibility index (Phi) is 6.45. The minimum Gasteiger partial charge on any atom is -0.481 e. The fourth-order valence-electron chi connectivity index (χ4n) is 0.723. The number of methoxy groups -OCH3 is 2. The third-order valence-electron chi connectivity index (χ3n) is 1.21. The first kappa shape index (κ1) is 12.7. The second kappa shape index (κ2) is 7.12. The van der Waals surface area contributed by atoms with Gasteiger partial charge >= 0.3 is 0 Å². The van der Waals surface area contributed by atoms with Gasteiger partial charge in [-0.15, -0.1) is 0 Å². The van der Waals surface area contributed by atoms with Crippen LogP contribution in [0.5, 0.6) is 11.8 Å². The summed E-state index contributed by atoms with van der Waals surface area (Å²) >= 11 is 0. The molecule has 0 N–H and O–H groups in total. The molecule has 1 aromatic heterocycles. The SMILES string of the molecule is CCC.COc1cc(OC)nc(C)n1. The van der Waals surface area contributed by atoms with E-state index in [0.717, 1.165) is 0 Å². The van der Waals surface area contributed by atoms with Gasteiger partial charge in [0, 0.05) is 0 Å². The molecule has 0 saturated carbocycles. The van der Waals surface area contributed by atoms with Crippen molar-refractivity contribution in [2.75, 3.05) is 14.2 Å². The van der Waals surface area contributed by atoms with E-state index in [-0.39, 0.29) is 0 Å². The first-order valence-electron chi connectivity index (χ1n) is 4.61. The van der Waals surface area contributed by atoms with Gasteiger partial charge in [0.2, 0.25) is 11.8 Å². The minimum absolute atomic E-state index is 0.523. The number of rotatable bonds is 2. The van der Waals surface area contributed by atoms with E-state index in [0.29, 0.717) is 17.6 Å². The van der Waals surface area contributed by atoms with Gasteiger partial charge in [0.05, 0.1) is 20.3 Å². The highest BCUT2D eigenvalue weighted by atomic mass is 16.5. The van der Waals surface area contributed by atoms with Crippen LogP contribution >= 0.6 is 0 Å². The number of ether oxygens (including phenoxy) is 2. The monoisotopic (exact) mass is 198 g/mol. The van der Waals surface area contributed by atoms with Crippen LogP contribution in [0.2, 0.25) is 0 Å². The summed E-state index contributed by atoms with van der Waals surface area (Å²) in [6, 6.07) is 1.63. The van der Waals surface area contributed by atoms with Gasteiger partial charge in [-0.25, -0.2) is 0 Å². The van der Waals surface area contributed by atoms with Crippen molar-refractivity contribution in [2.45, 2.75) is 27.2 Å². The molecule has 1 rings (SSSR count). The topological polar surface area (TPSA) is 44.2 Å². The molecule has 1 aromatic rings. The molecular weight excluding hydrogens is 180 g/mol. The van der Waals surface area contributed by atoms with Crippen molar-refractivity contribution < 1.29 is 9.47 Å². The highest BCUT2D eigenvalue weighted by Gasteiger charge is 1.99. The van der Waals surface area contributed by atoms with Crippen LogP contribution in [-0.2, 0) is 0 Å². The van der Waals surface area contributed by atoms with Crippen LogP contribution in [0, 0.1) is 6.92 Å². The Labute approximate surface area is 85.3 Å². The fraction of sp³-hybridized carbons (Fsp3) is 0.600. The summed E-state index contributed by atoms with van der Waals surface area (Å²) in [5, 5.41) is 0. The van der Waals surface area contributed by atoms with Gasteiger partial charge in [0.25, 0.3) is 0 Å². The quantitative estimate of drug-likeness (QED) is 0.730. The lowest BCUT2D eigenvalue weighted by Gasteiger charge is -2.02. The molecule has 0 spiro atoms. The minimum atomic E-state index is 0.523. The largest absolute Gasteiger partial charge is 0.481 e. The maximum Gasteiger partial charge on any atom is 0.220 e. The maximum atomic E-state index is 4.91. The summed E-state index contributed by atoms with van der Waals surface area (Å²) in [5.74, 6) is 1.69. The Morgan fingerprint density at radius 1 is 1.07 bits per heavy atom. The van der Waals surface area contributed by atoms with Gasteiger partial charge in [-0.3, -0.25) is 0 Å². The Bertz CT molecular complexity index is 242. The second-order valence-corrected chi connectivity index (χ2v) is 2.71. The van der Waals surface area contributed by atoms with Crippen LogP contribution in [0.3, 0.4) is 0 Å². The smallest absolute Gasteiger partial charge is 0.220 e. The molecule has 80 valence electrons. The summed E-state index contributed by atoms with van der Waals surface area (Å²) in [6.45, 7) is 6.03. The van der Waals surface area contributed by atoms with Crippen LogP contribution in [-0.4, -0.2) is 24.2 Å². The molecule has 0 aromatic carbocycles. The summed E-state index contributed by atoms with van der Waals surface area (Å²) in [5.41, 5.74) is 0. The number of aromatic nitrogens is 2. The molecular formula is C10H18N2O2. The van der Waals surface area contributed by atoms with Gasteiger partial charge < -0.3 is 9.47 Å². The summed E-state index contributed by atoms with van der Waals surface area (Å²) in [4.78, 5) is 7.97. The molecule has 0 aliphatic heterocycles. The Hall–Kier alpha value is -1.32. The van der Waals surface area contributed by atoms with Crippen molar-refractivity contribution in [2.24, 2.45) is 0 Å². The zero-order valence-corrected chi connectivity index (χ0v) is 9.50. The zero-order valence-electron chi connectivity index (χ0n) is 9.50. The molecule has 0 radical (unpaired) electrons. The Balaban J connectivity index is 0.000000500. The van der Waals surface area contributed by atoms with Crippen LogP contribution in [0.4, 0.5) is 0 Å². The number of nitrogens with zero attached hydrogens (tertiary/aromatic N) is 2. The predicted octanol–water partition coefficient (Wildman–Crippen LogP) is 2.22. The molecule has 0 fully saturated rings. The van der Waals surface area contributed by atoms with E-state index in [2.05, 4.69) is 23.8 Å². The lowest BCUT2D eigenvalue weighted by atomic mass is 10.5. The third kappa shape index (κ3) is 4.64. The molecule has 0 aliphatic carbocycles. The number of hydrogen-bond donors (Lipinski definition) is 0. The van der Waals surface area contributed by atoms with E-state index in [1.54, 1.807) is 27.2 Å². The average Bonchev–Trinajstić information content (AvgIpc) is 2.18. The molecule has 0 bridgehead atoms. The number of hydrogen-bond acceptors (Lipinski definition) is 4. The van der Waals surface area contributed by atoms with Gasteiger partial charge in [0.15, 0.2) is 0 Å². The lowest BCUT2D eigenvalue weighted by molar-refractivity contribution is 0.369. The molecule has 0 saturated heterocycles. The zero-order chi connectivity index (χ0) is 11.0. The van der Waals surface area contributed by atoms with Crippen molar-refractivity contribution in [1.82, 2.24) is 9.97 Å². The summed E-state index contributed by atoms with van der Waals surface area (Å²) in [7, 11) is 3.11. The van der Waals surface area contributed by atoms with E-state index in [1.807, 2.05) is 0 Å². The van der Waals surface area contributed by atoms with Gasteiger partial charge in [0.1, 0.15) is 5.82 Å². The highest BCUT2D eigenvalue weighted by molar-refractivity contribution is 5.20. The van der Waals surface area contributed by atoms with Gasteiger partial charge in [-0.05, 0) is 6.92 Å². The van der Waals surface area contributed by atoms with E-state index < -0.39 is 0 Å². The van der Waals surface area contributed by atoms with Crippen LogP contribution in [0.25, 0.3) is 0 Å². The van der Waals surface area contributed by atoms with E-state index in [4.69, 9.17) is 9.47 Å². The Morgan fingerprint density at radius 3 is 1.71 bits per heavy atom. The second-order valence-electron chi connectivity index (χ2n) is 2.71. The van der Waals surface area contributed by atoms with Gasteiger partial charge in [-0.2, -0.15) is 9.97 Å². The van der Waals surface area contributed by atoms with Crippen molar-refractivity contribution in [3.63, 3.8) is 0 Å². The first-order valence-corrected chi connectivity index (χ1v) is 4.61. The fourth-order valence-corrected chi connectivity index (χ4v) is 0.723. The molecule has 0 aliphatic rings. The molecule has 4 nitrogen and oxygen atoms in total. The molecule has 14 heavy (non-hydrogen) atoms. The summed E-state index contributed by atoms with van der Waals surface area (Å²) < 4.78 is 9.81. The standard InChI is InChI=1S/C7H10N2O2.C3H8/c1-5-8-6(10-2)4-7(9-5)11-3;1-3-2/h4H,1-3H3;3H2,1-2H3. The van der Waals surface area contributed by atoms with Crippen molar-refractivity contribution in [3.8, 4) is 11.8 Å². The van der Waals surface area contributed by atoms with Crippen molar-refractivity contribution >= 4 is 0 Å². The van der Waals surface area contributed by atoms with Crippen LogP contribution in [0.1, 0.15) is 26.1 Å². The van der Waals surface area contributed by atoms with Crippen LogP contribution < -0.4 is 9.47 Å². The molecule has 0 amide bonds. The van der Waals surface area contributed by atoms with Crippen molar-refractivity contribution in [3.05, 3.63) is 11.9 Å². The molecule has 0 atom stereocenters. The predicted molar refractivity (Wildman–Crippen MR) is 55.8 cm³/mol.